The highest BCUT2D eigenvalue weighted by atomic mass is 127. The highest BCUT2D eigenvalue weighted by Gasteiger charge is 2.43. The van der Waals surface area contributed by atoms with Crippen LogP contribution in [0.3, 0.4) is 0 Å². The summed E-state index contributed by atoms with van der Waals surface area (Å²) in [5.41, 5.74) is 1.97. The molecule has 1 unspecified atom stereocenters. The summed E-state index contributed by atoms with van der Waals surface area (Å²) in [6.45, 7) is 6.85. The second-order valence-corrected chi connectivity index (χ2v) is 8.03. The second-order valence-electron chi connectivity index (χ2n) is 8.03. The van der Waals surface area contributed by atoms with Crippen LogP contribution in [0.25, 0.3) is 0 Å². The summed E-state index contributed by atoms with van der Waals surface area (Å²) in [5.74, 6) is 1.07. The maximum atomic E-state index is 5.56. The van der Waals surface area contributed by atoms with Crippen LogP contribution in [-0.4, -0.2) is 68.7 Å². The highest BCUT2D eigenvalue weighted by molar-refractivity contribution is 14.0. The predicted octanol–water partition coefficient (Wildman–Crippen LogP) is 3.13. The number of halogens is 1. The average molecular weight is 484 g/mol. The molecule has 5 nitrogen and oxygen atoms in total. The average Bonchev–Trinajstić information content (AvgIpc) is 3.13. The van der Waals surface area contributed by atoms with Crippen molar-refractivity contribution in [1.82, 2.24) is 15.1 Å². The van der Waals surface area contributed by atoms with Gasteiger partial charge in [0.25, 0.3) is 0 Å². The molecule has 1 saturated carbocycles. The van der Waals surface area contributed by atoms with Crippen LogP contribution in [-0.2, 0) is 4.74 Å². The molecule has 0 bridgehead atoms. The van der Waals surface area contributed by atoms with Crippen molar-refractivity contribution in [3.05, 3.63) is 35.9 Å². The van der Waals surface area contributed by atoms with E-state index in [-0.39, 0.29) is 24.0 Å². The number of hydrogen-bond donors (Lipinski definition) is 1. The second kappa shape index (κ2) is 9.56. The predicted molar refractivity (Wildman–Crippen MR) is 121 cm³/mol. The maximum absolute atomic E-state index is 5.56. The van der Waals surface area contributed by atoms with E-state index in [9.17, 15) is 0 Å². The zero-order valence-electron chi connectivity index (χ0n) is 16.4. The molecule has 0 amide bonds. The molecule has 1 atom stereocenters. The fourth-order valence-electron chi connectivity index (χ4n) is 4.74. The number of nitrogens with zero attached hydrogens (tertiary/aromatic N) is 3. The van der Waals surface area contributed by atoms with Gasteiger partial charge in [0.1, 0.15) is 0 Å². The van der Waals surface area contributed by atoms with Crippen LogP contribution in [0.5, 0.6) is 0 Å². The van der Waals surface area contributed by atoms with E-state index >= 15 is 0 Å². The lowest BCUT2D eigenvalue weighted by Crippen LogP contribution is -2.47. The Labute approximate surface area is 180 Å². The van der Waals surface area contributed by atoms with Crippen LogP contribution in [0, 0.1) is 5.41 Å². The third kappa shape index (κ3) is 4.77. The molecule has 0 radical (unpaired) electrons. The zero-order chi connectivity index (χ0) is 17.8. The van der Waals surface area contributed by atoms with Gasteiger partial charge in [-0.2, -0.15) is 0 Å². The van der Waals surface area contributed by atoms with Crippen LogP contribution >= 0.6 is 24.0 Å². The Balaban J connectivity index is 0.00000210. The maximum Gasteiger partial charge on any atom is 0.193 e. The molecule has 3 aliphatic rings. The summed E-state index contributed by atoms with van der Waals surface area (Å²) in [6.07, 6.45) is 5.55. The van der Waals surface area contributed by atoms with Crippen molar-refractivity contribution in [1.29, 1.82) is 0 Å². The van der Waals surface area contributed by atoms with Crippen molar-refractivity contribution in [2.45, 2.75) is 31.7 Å². The first-order valence-electron chi connectivity index (χ1n) is 10.1. The molecule has 1 spiro atoms. The lowest BCUT2D eigenvalue weighted by Gasteiger charge is -2.38. The van der Waals surface area contributed by atoms with Crippen LogP contribution in [0.2, 0.25) is 0 Å². The lowest BCUT2D eigenvalue weighted by molar-refractivity contribution is 0.0169. The summed E-state index contributed by atoms with van der Waals surface area (Å²) >= 11 is 0. The zero-order valence-corrected chi connectivity index (χ0v) is 18.7. The van der Waals surface area contributed by atoms with Crippen molar-refractivity contribution in [3.63, 3.8) is 0 Å². The summed E-state index contributed by atoms with van der Waals surface area (Å²) in [4.78, 5) is 9.60. The van der Waals surface area contributed by atoms with Gasteiger partial charge in [0.15, 0.2) is 5.96 Å². The minimum Gasteiger partial charge on any atom is -0.379 e. The minimum absolute atomic E-state index is 0. The molecule has 2 aliphatic heterocycles. The molecular formula is C21H33IN4O. The van der Waals surface area contributed by atoms with Gasteiger partial charge in [-0.3, -0.25) is 9.89 Å². The fourth-order valence-corrected chi connectivity index (χ4v) is 4.74. The summed E-state index contributed by atoms with van der Waals surface area (Å²) in [6, 6.07) is 11.2. The van der Waals surface area contributed by atoms with Crippen molar-refractivity contribution >= 4 is 29.9 Å². The van der Waals surface area contributed by atoms with Gasteiger partial charge in [-0.25, -0.2) is 0 Å². The van der Waals surface area contributed by atoms with Gasteiger partial charge in [0.05, 0.1) is 19.3 Å². The van der Waals surface area contributed by atoms with E-state index in [0.29, 0.717) is 11.5 Å². The Kier molecular flexibility index (Phi) is 7.39. The van der Waals surface area contributed by atoms with E-state index in [4.69, 9.17) is 4.74 Å². The quantitative estimate of drug-likeness (QED) is 0.405. The summed E-state index contributed by atoms with van der Waals surface area (Å²) < 4.78 is 5.56. The molecule has 3 fully saturated rings. The van der Waals surface area contributed by atoms with Gasteiger partial charge in [-0.1, -0.05) is 36.8 Å². The Morgan fingerprint density at radius 3 is 2.48 bits per heavy atom. The van der Waals surface area contributed by atoms with E-state index < -0.39 is 0 Å². The Morgan fingerprint density at radius 1 is 1.15 bits per heavy atom. The van der Waals surface area contributed by atoms with Gasteiger partial charge < -0.3 is 15.0 Å². The molecule has 6 heteroatoms. The molecule has 2 heterocycles. The SMILES string of the molecule is CN=C(NCC(c1ccccc1)N1CCOCC1)N1CCC2(CCC2)C1.I. The third-order valence-corrected chi connectivity index (χ3v) is 6.49. The Hall–Kier alpha value is -0.860. The molecule has 1 aromatic rings. The Bertz CT molecular complexity index is 614. The van der Waals surface area contributed by atoms with E-state index in [2.05, 4.69) is 50.4 Å². The number of guanidine groups is 1. The van der Waals surface area contributed by atoms with E-state index in [1.54, 1.807) is 0 Å². The molecule has 0 aromatic heterocycles. The molecule has 2 saturated heterocycles. The number of rotatable bonds is 4. The fraction of sp³-hybridized carbons (Fsp3) is 0.667. The monoisotopic (exact) mass is 484 g/mol. The molecule has 4 rings (SSSR count). The molecule has 27 heavy (non-hydrogen) atoms. The van der Waals surface area contributed by atoms with Crippen molar-refractivity contribution in [3.8, 4) is 0 Å². The number of hydrogen-bond acceptors (Lipinski definition) is 3. The minimum atomic E-state index is 0. The van der Waals surface area contributed by atoms with Gasteiger partial charge in [-0.05, 0) is 30.2 Å². The van der Waals surface area contributed by atoms with Gasteiger partial charge in [0, 0.05) is 39.8 Å². The smallest absolute Gasteiger partial charge is 0.193 e. The van der Waals surface area contributed by atoms with Crippen LogP contribution in [0.15, 0.2) is 35.3 Å². The van der Waals surface area contributed by atoms with Crippen LogP contribution < -0.4 is 5.32 Å². The van der Waals surface area contributed by atoms with Crippen LogP contribution in [0.4, 0.5) is 0 Å². The molecule has 150 valence electrons. The summed E-state index contributed by atoms with van der Waals surface area (Å²) in [7, 11) is 1.92. The number of morpholine rings is 1. The first kappa shape index (κ1) is 20.9. The number of benzene rings is 1. The van der Waals surface area contributed by atoms with Gasteiger partial charge in [-0.15, -0.1) is 24.0 Å². The van der Waals surface area contributed by atoms with E-state index in [1.165, 1.54) is 37.8 Å². The standard InChI is InChI=1S/C21H32N4O.HI/c1-22-20(25-11-10-21(17-25)8-5-9-21)23-16-19(18-6-3-2-4-7-18)24-12-14-26-15-13-24;/h2-4,6-7,19H,5,8-17H2,1H3,(H,22,23);1H. The normalized spacial score (nSPS) is 23.6. The lowest BCUT2D eigenvalue weighted by atomic mass is 9.68. The first-order chi connectivity index (χ1) is 12.8. The number of ether oxygens (including phenoxy) is 1. The molecular weight excluding hydrogens is 451 g/mol. The number of likely N-dealkylation sites (tertiary alicyclic amines) is 1. The molecule has 1 aliphatic carbocycles. The van der Waals surface area contributed by atoms with Crippen molar-refractivity contribution in [2.75, 3.05) is 53.0 Å². The number of aliphatic imine (C=N–C) groups is 1. The van der Waals surface area contributed by atoms with Crippen molar-refractivity contribution < 1.29 is 4.74 Å². The van der Waals surface area contributed by atoms with Crippen molar-refractivity contribution in [2.24, 2.45) is 10.4 Å². The van der Waals surface area contributed by atoms with Crippen LogP contribution in [0.1, 0.15) is 37.3 Å². The largest absolute Gasteiger partial charge is 0.379 e. The molecule has 1 N–H and O–H groups in total. The first-order valence-corrected chi connectivity index (χ1v) is 10.1. The third-order valence-electron chi connectivity index (χ3n) is 6.49. The van der Waals surface area contributed by atoms with Gasteiger partial charge in [0.2, 0.25) is 0 Å². The summed E-state index contributed by atoms with van der Waals surface area (Å²) in [5, 5.41) is 3.69. The Morgan fingerprint density at radius 2 is 1.89 bits per heavy atom. The van der Waals surface area contributed by atoms with E-state index in [1.807, 2.05) is 7.05 Å². The topological polar surface area (TPSA) is 40.1 Å². The highest BCUT2D eigenvalue weighted by Crippen LogP contribution is 2.47. The molecule has 1 aromatic carbocycles. The van der Waals surface area contributed by atoms with Gasteiger partial charge >= 0.3 is 0 Å². The number of nitrogens with one attached hydrogen (secondary N) is 1. The van der Waals surface area contributed by atoms with E-state index in [0.717, 1.165) is 45.4 Å².